The molecule has 180 valence electrons. The van der Waals surface area contributed by atoms with Gasteiger partial charge in [-0.3, -0.25) is 0 Å². The molecule has 1 amide bonds. The molecule has 8 nitrogen and oxygen atoms in total. The van der Waals surface area contributed by atoms with Crippen molar-refractivity contribution in [3.05, 3.63) is 29.8 Å². The van der Waals surface area contributed by atoms with Crippen molar-refractivity contribution in [1.82, 2.24) is 5.32 Å². The van der Waals surface area contributed by atoms with Gasteiger partial charge in [0.15, 0.2) is 20.5 Å². The first-order chi connectivity index (χ1) is 14.7. The van der Waals surface area contributed by atoms with E-state index >= 15 is 0 Å². The molecule has 0 bridgehead atoms. The van der Waals surface area contributed by atoms with Gasteiger partial charge in [0.05, 0.1) is 13.2 Å². The molecule has 1 saturated heterocycles. The standard InChI is InChI=1S/C23H37NO7Si/c1-22(2,3)31-20(25)24-15-18-19(30-21(26)29-18)16-11-8-9-12-17(16)28-14-10-13-23(4,5)32(6,7)27/h8-9,11-12,18-19,27H,10,13-15H2,1-7H3,(H,24,25)/t18-,19-/m1/s1. The summed E-state index contributed by atoms with van der Waals surface area (Å²) in [7, 11) is -2.27. The molecule has 9 heteroatoms. The molecule has 0 unspecified atom stereocenters. The summed E-state index contributed by atoms with van der Waals surface area (Å²) in [5.41, 5.74) is 0.0418. The van der Waals surface area contributed by atoms with Crippen LogP contribution in [-0.4, -0.2) is 50.2 Å². The summed E-state index contributed by atoms with van der Waals surface area (Å²) in [5.74, 6) is 0.594. The Morgan fingerprint density at radius 1 is 1.16 bits per heavy atom. The topological polar surface area (TPSA) is 103 Å². The van der Waals surface area contributed by atoms with Gasteiger partial charge in [-0.2, -0.15) is 0 Å². The number of rotatable bonds is 9. The van der Waals surface area contributed by atoms with Crippen LogP contribution >= 0.6 is 0 Å². The minimum Gasteiger partial charge on any atom is -0.493 e. The Morgan fingerprint density at radius 2 is 1.81 bits per heavy atom. The van der Waals surface area contributed by atoms with E-state index in [-0.39, 0.29) is 11.6 Å². The molecule has 1 aromatic carbocycles. The number of cyclic esters (lactones) is 2. The number of benzene rings is 1. The van der Waals surface area contributed by atoms with Gasteiger partial charge in [0.25, 0.3) is 0 Å². The van der Waals surface area contributed by atoms with Gasteiger partial charge in [-0.1, -0.05) is 32.0 Å². The zero-order valence-corrected chi connectivity index (χ0v) is 21.2. The largest absolute Gasteiger partial charge is 0.509 e. The van der Waals surface area contributed by atoms with Crippen LogP contribution in [0.5, 0.6) is 5.75 Å². The molecule has 0 aliphatic carbocycles. The molecule has 1 aliphatic heterocycles. The smallest absolute Gasteiger partial charge is 0.493 e. The second-order valence-corrected chi connectivity index (χ2v) is 14.7. The summed E-state index contributed by atoms with van der Waals surface area (Å²) >= 11 is 0. The van der Waals surface area contributed by atoms with E-state index in [1.54, 1.807) is 20.8 Å². The molecule has 2 atom stereocenters. The van der Waals surface area contributed by atoms with E-state index < -0.39 is 38.4 Å². The molecule has 1 aromatic rings. The first kappa shape index (κ1) is 26.0. The average molecular weight is 468 g/mol. The monoisotopic (exact) mass is 467 g/mol. The second kappa shape index (κ2) is 10.1. The third kappa shape index (κ3) is 7.41. The zero-order valence-electron chi connectivity index (χ0n) is 20.2. The van der Waals surface area contributed by atoms with E-state index in [4.69, 9.17) is 18.9 Å². The van der Waals surface area contributed by atoms with E-state index in [1.165, 1.54) is 0 Å². The molecular formula is C23H37NO7Si. The van der Waals surface area contributed by atoms with Crippen molar-refractivity contribution < 1.29 is 33.3 Å². The number of alkyl carbamates (subject to hydrolysis) is 1. The Kier molecular flexibility index (Phi) is 8.22. The fourth-order valence-electron chi connectivity index (χ4n) is 3.15. The van der Waals surface area contributed by atoms with Crippen LogP contribution in [0.4, 0.5) is 9.59 Å². The third-order valence-corrected chi connectivity index (χ3v) is 9.30. The lowest BCUT2D eigenvalue weighted by Crippen LogP contribution is -2.39. The molecule has 0 radical (unpaired) electrons. The number of hydrogen-bond donors (Lipinski definition) is 2. The highest BCUT2D eigenvalue weighted by molar-refractivity contribution is 6.72. The van der Waals surface area contributed by atoms with E-state index in [1.807, 2.05) is 37.4 Å². The third-order valence-electron chi connectivity index (χ3n) is 5.74. The second-order valence-electron chi connectivity index (χ2n) is 10.3. The molecule has 1 heterocycles. The molecule has 0 saturated carbocycles. The van der Waals surface area contributed by atoms with Gasteiger partial charge >= 0.3 is 12.2 Å². The highest BCUT2D eigenvalue weighted by atomic mass is 28.4. The predicted octanol–water partition coefficient (Wildman–Crippen LogP) is 4.92. The SMILES string of the molecule is CC(C)(C)OC(=O)NC[C@H]1OC(=O)O[C@@H]1c1ccccc1OCCCC(C)(C)[Si](C)(C)O. The summed E-state index contributed by atoms with van der Waals surface area (Å²) in [5, 5.41) is 2.50. The summed E-state index contributed by atoms with van der Waals surface area (Å²) < 4.78 is 21.9. The summed E-state index contributed by atoms with van der Waals surface area (Å²) in [6.45, 7) is 13.9. The van der Waals surface area contributed by atoms with Gasteiger partial charge in [0, 0.05) is 5.56 Å². The lowest BCUT2D eigenvalue weighted by molar-refractivity contribution is 0.0486. The first-order valence-electron chi connectivity index (χ1n) is 11.0. The number of carbonyl (C=O) groups is 2. The van der Waals surface area contributed by atoms with Crippen LogP contribution in [0.25, 0.3) is 0 Å². The maximum atomic E-state index is 12.0. The normalized spacial score (nSPS) is 19.2. The molecule has 32 heavy (non-hydrogen) atoms. The van der Waals surface area contributed by atoms with Crippen molar-refractivity contribution >= 4 is 20.6 Å². The summed E-state index contributed by atoms with van der Waals surface area (Å²) in [6, 6.07) is 7.31. The van der Waals surface area contributed by atoms with E-state index in [2.05, 4.69) is 19.2 Å². The van der Waals surface area contributed by atoms with Crippen molar-refractivity contribution in [3.8, 4) is 5.75 Å². The van der Waals surface area contributed by atoms with Crippen LogP contribution in [0.2, 0.25) is 18.1 Å². The molecular weight excluding hydrogens is 430 g/mol. The molecule has 0 spiro atoms. The predicted molar refractivity (Wildman–Crippen MR) is 123 cm³/mol. The number of amides is 1. The van der Waals surface area contributed by atoms with Gasteiger partial charge in [-0.05, 0) is 57.8 Å². The fourth-order valence-corrected chi connectivity index (χ4v) is 3.94. The fraction of sp³-hybridized carbons (Fsp3) is 0.652. The number of ether oxygens (including phenoxy) is 4. The zero-order chi connectivity index (χ0) is 24.2. The van der Waals surface area contributed by atoms with Crippen LogP contribution in [0.15, 0.2) is 24.3 Å². The van der Waals surface area contributed by atoms with Crippen molar-refractivity contribution in [2.75, 3.05) is 13.2 Å². The van der Waals surface area contributed by atoms with Gasteiger partial charge in [0.2, 0.25) is 0 Å². The van der Waals surface area contributed by atoms with Crippen molar-refractivity contribution in [2.45, 2.75) is 83.4 Å². The lowest BCUT2D eigenvalue weighted by Gasteiger charge is -2.35. The van der Waals surface area contributed by atoms with Gasteiger partial charge in [-0.15, -0.1) is 0 Å². The maximum absolute atomic E-state index is 12.0. The van der Waals surface area contributed by atoms with Gasteiger partial charge < -0.3 is 29.1 Å². The van der Waals surface area contributed by atoms with Crippen molar-refractivity contribution in [2.24, 2.45) is 0 Å². The van der Waals surface area contributed by atoms with Crippen molar-refractivity contribution in [3.63, 3.8) is 0 Å². The van der Waals surface area contributed by atoms with E-state index in [0.717, 1.165) is 12.8 Å². The molecule has 1 fully saturated rings. The Balaban J connectivity index is 2.01. The summed E-state index contributed by atoms with van der Waals surface area (Å²) in [6.07, 6.45) is -1.19. The average Bonchev–Trinajstić information content (AvgIpc) is 3.02. The Hall–Kier alpha value is -2.26. The highest BCUT2D eigenvalue weighted by Gasteiger charge is 2.40. The quantitative estimate of drug-likeness (QED) is 0.302. The number of hydrogen-bond acceptors (Lipinski definition) is 7. The Bertz CT molecular complexity index is 798. The van der Waals surface area contributed by atoms with E-state index in [9.17, 15) is 14.4 Å². The molecule has 0 aromatic heterocycles. The number of carbonyl (C=O) groups excluding carboxylic acids is 2. The maximum Gasteiger partial charge on any atom is 0.509 e. The van der Waals surface area contributed by atoms with Crippen LogP contribution in [0, 0.1) is 0 Å². The molecule has 2 rings (SSSR count). The van der Waals surface area contributed by atoms with Crippen LogP contribution in [-0.2, 0) is 14.2 Å². The molecule has 1 aliphatic rings. The lowest BCUT2D eigenvalue weighted by atomic mass is 10.0. The van der Waals surface area contributed by atoms with Crippen LogP contribution in [0.1, 0.15) is 59.1 Å². The highest BCUT2D eigenvalue weighted by Crippen LogP contribution is 2.40. The van der Waals surface area contributed by atoms with Gasteiger partial charge in [-0.25, -0.2) is 9.59 Å². The number of nitrogens with one attached hydrogen (secondary N) is 1. The van der Waals surface area contributed by atoms with Crippen molar-refractivity contribution in [1.29, 1.82) is 0 Å². The van der Waals surface area contributed by atoms with Gasteiger partial charge in [0.1, 0.15) is 11.4 Å². The number of para-hydroxylation sites is 1. The first-order valence-corrected chi connectivity index (χ1v) is 13.9. The Morgan fingerprint density at radius 3 is 2.44 bits per heavy atom. The minimum atomic E-state index is -2.27. The summed E-state index contributed by atoms with van der Waals surface area (Å²) in [4.78, 5) is 34.3. The van der Waals surface area contributed by atoms with E-state index in [0.29, 0.717) is 17.9 Å². The molecule has 2 N–H and O–H groups in total. The minimum absolute atomic E-state index is 0.0457. The van der Waals surface area contributed by atoms with Crippen LogP contribution < -0.4 is 10.1 Å². The van der Waals surface area contributed by atoms with Crippen LogP contribution in [0.3, 0.4) is 0 Å². The Labute approximate surface area is 191 Å².